The van der Waals surface area contributed by atoms with Crippen LogP contribution in [0.25, 0.3) is 0 Å². The highest BCUT2D eigenvalue weighted by Gasteiger charge is 2.34. The smallest absolute Gasteiger partial charge is 0.258 e. The molecule has 1 aromatic heterocycles. The van der Waals surface area contributed by atoms with E-state index in [9.17, 15) is 14.9 Å². The standard InChI is InChI=1S/C24H23N5O4/c1-28-22-18(27-23(30)17-7-5-4-6-16(17)13-25)10-11-29(19(22)14-26-28)24(31)15-8-9-20(32-2)21(12-15)33-3/h4-9,12,14,18H,10-11H2,1-3H3,(H,27,30). The van der Waals surface area contributed by atoms with E-state index in [0.717, 1.165) is 5.69 Å². The van der Waals surface area contributed by atoms with E-state index in [1.165, 1.54) is 14.2 Å². The zero-order valence-electron chi connectivity index (χ0n) is 18.5. The van der Waals surface area contributed by atoms with Gasteiger partial charge in [0.2, 0.25) is 0 Å². The molecular weight excluding hydrogens is 422 g/mol. The summed E-state index contributed by atoms with van der Waals surface area (Å²) >= 11 is 0. The van der Waals surface area contributed by atoms with Crippen LogP contribution in [0.5, 0.6) is 11.5 Å². The Morgan fingerprint density at radius 2 is 1.91 bits per heavy atom. The molecule has 4 rings (SSSR count). The first kappa shape index (κ1) is 21.9. The minimum atomic E-state index is -0.360. The average Bonchev–Trinajstić information content (AvgIpc) is 3.25. The molecule has 2 aromatic carbocycles. The largest absolute Gasteiger partial charge is 0.493 e. The Bertz CT molecular complexity index is 1260. The van der Waals surface area contributed by atoms with Crippen molar-refractivity contribution in [1.82, 2.24) is 15.1 Å². The van der Waals surface area contributed by atoms with Crippen molar-refractivity contribution in [2.45, 2.75) is 12.5 Å². The van der Waals surface area contributed by atoms with Gasteiger partial charge in [-0.15, -0.1) is 0 Å². The Kier molecular flexibility index (Phi) is 6.00. The van der Waals surface area contributed by atoms with Gasteiger partial charge in [0.1, 0.15) is 0 Å². The van der Waals surface area contributed by atoms with Crippen LogP contribution in [0, 0.1) is 11.3 Å². The van der Waals surface area contributed by atoms with Crippen LogP contribution in [0.15, 0.2) is 48.7 Å². The second-order valence-electron chi connectivity index (χ2n) is 7.54. The van der Waals surface area contributed by atoms with Crippen LogP contribution in [-0.2, 0) is 7.05 Å². The van der Waals surface area contributed by atoms with Crippen molar-refractivity contribution in [3.8, 4) is 17.6 Å². The number of hydrogen-bond acceptors (Lipinski definition) is 6. The van der Waals surface area contributed by atoms with Gasteiger partial charge in [0.05, 0.1) is 55.0 Å². The minimum absolute atomic E-state index is 0.204. The fourth-order valence-electron chi connectivity index (χ4n) is 4.05. The zero-order valence-corrected chi connectivity index (χ0v) is 18.5. The minimum Gasteiger partial charge on any atom is -0.493 e. The lowest BCUT2D eigenvalue weighted by Gasteiger charge is -2.32. The molecule has 0 fully saturated rings. The molecule has 1 aliphatic heterocycles. The van der Waals surface area contributed by atoms with Crippen molar-refractivity contribution in [3.63, 3.8) is 0 Å². The normalized spacial score (nSPS) is 14.7. The van der Waals surface area contributed by atoms with Gasteiger partial charge >= 0.3 is 0 Å². The van der Waals surface area contributed by atoms with Crippen LogP contribution in [0.1, 0.15) is 44.4 Å². The van der Waals surface area contributed by atoms with E-state index in [2.05, 4.69) is 10.4 Å². The summed E-state index contributed by atoms with van der Waals surface area (Å²) in [5, 5.41) is 16.6. The summed E-state index contributed by atoms with van der Waals surface area (Å²) in [5.41, 5.74) is 2.42. The summed E-state index contributed by atoms with van der Waals surface area (Å²) in [6.07, 6.45) is 2.11. The number of amides is 2. The molecule has 33 heavy (non-hydrogen) atoms. The van der Waals surface area contributed by atoms with Gasteiger partial charge in [-0.05, 0) is 36.8 Å². The van der Waals surface area contributed by atoms with Crippen LogP contribution in [-0.4, -0.2) is 42.4 Å². The first-order valence-corrected chi connectivity index (χ1v) is 10.3. The second-order valence-corrected chi connectivity index (χ2v) is 7.54. The highest BCUT2D eigenvalue weighted by Crippen LogP contribution is 2.35. The quantitative estimate of drug-likeness (QED) is 0.647. The van der Waals surface area contributed by atoms with Crippen LogP contribution in [0.3, 0.4) is 0 Å². The summed E-state index contributed by atoms with van der Waals surface area (Å²) < 4.78 is 12.2. The maximum Gasteiger partial charge on any atom is 0.258 e. The number of benzene rings is 2. The number of hydrogen-bond donors (Lipinski definition) is 1. The maximum absolute atomic E-state index is 13.3. The third kappa shape index (κ3) is 3.99. The first-order valence-electron chi connectivity index (χ1n) is 10.3. The lowest BCUT2D eigenvalue weighted by atomic mass is 10.0. The van der Waals surface area contributed by atoms with Gasteiger partial charge in [-0.3, -0.25) is 14.3 Å². The molecule has 2 heterocycles. The van der Waals surface area contributed by atoms with E-state index >= 15 is 0 Å². The van der Waals surface area contributed by atoms with Gasteiger partial charge in [0.15, 0.2) is 11.5 Å². The maximum atomic E-state index is 13.3. The molecule has 0 aliphatic carbocycles. The number of fused-ring (bicyclic) bond motifs is 1. The number of aromatic nitrogens is 2. The topological polar surface area (TPSA) is 109 Å². The molecule has 9 nitrogen and oxygen atoms in total. The van der Waals surface area contributed by atoms with E-state index in [1.54, 1.807) is 65.3 Å². The SMILES string of the molecule is COc1ccc(C(=O)N2CCC(NC(=O)c3ccccc3C#N)c3c2cnn3C)cc1OC. The van der Waals surface area contributed by atoms with Crippen LogP contribution >= 0.6 is 0 Å². The van der Waals surface area contributed by atoms with Crippen molar-refractivity contribution in [2.75, 3.05) is 25.7 Å². The van der Waals surface area contributed by atoms with Crippen molar-refractivity contribution < 1.29 is 19.1 Å². The van der Waals surface area contributed by atoms with Crippen molar-refractivity contribution in [3.05, 3.63) is 71.0 Å². The van der Waals surface area contributed by atoms with Crippen LogP contribution < -0.4 is 19.7 Å². The molecule has 0 saturated heterocycles. The lowest BCUT2D eigenvalue weighted by Crippen LogP contribution is -2.41. The monoisotopic (exact) mass is 445 g/mol. The summed E-state index contributed by atoms with van der Waals surface area (Å²) in [7, 11) is 4.82. The summed E-state index contributed by atoms with van der Waals surface area (Å²) in [6.45, 7) is 0.386. The van der Waals surface area contributed by atoms with E-state index in [4.69, 9.17) is 9.47 Å². The molecule has 1 N–H and O–H groups in total. The molecule has 0 saturated carbocycles. The van der Waals surface area contributed by atoms with Gasteiger partial charge in [-0.2, -0.15) is 10.4 Å². The highest BCUT2D eigenvalue weighted by atomic mass is 16.5. The third-order valence-corrected chi connectivity index (χ3v) is 5.70. The second kappa shape index (κ2) is 9.04. The van der Waals surface area contributed by atoms with Gasteiger partial charge < -0.3 is 19.7 Å². The first-order chi connectivity index (χ1) is 16.0. The number of nitrogens with one attached hydrogen (secondary N) is 1. The van der Waals surface area contributed by atoms with Crippen molar-refractivity contribution in [2.24, 2.45) is 7.05 Å². The molecule has 0 spiro atoms. The summed E-state index contributed by atoms with van der Waals surface area (Å²) in [6, 6.07) is 13.4. The van der Waals surface area contributed by atoms with Crippen molar-refractivity contribution >= 4 is 17.5 Å². The predicted molar refractivity (Wildman–Crippen MR) is 120 cm³/mol. The number of nitriles is 1. The molecule has 0 radical (unpaired) electrons. The Balaban J connectivity index is 1.61. The molecular formula is C24H23N5O4. The number of aryl methyl sites for hydroxylation is 1. The molecule has 168 valence electrons. The number of rotatable bonds is 5. The fraction of sp³-hybridized carbons (Fsp3) is 0.250. The summed E-state index contributed by atoms with van der Waals surface area (Å²) in [4.78, 5) is 27.9. The molecule has 0 bridgehead atoms. The Labute approximate surface area is 191 Å². The van der Waals surface area contributed by atoms with Gasteiger partial charge in [-0.25, -0.2) is 0 Å². The molecule has 2 amide bonds. The Morgan fingerprint density at radius 3 is 2.64 bits per heavy atom. The molecule has 3 aromatic rings. The predicted octanol–water partition coefficient (Wildman–Crippen LogP) is 2.83. The van der Waals surface area contributed by atoms with Gasteiger partial charge in [0, 0.05) is 19.2 Å². The molecule has 1 unspecified atom stereocenters. The average molecular weight is 445 g/mol. The summed E-state index contributed by atoms with van der Waals surface area (Å²) in [5.74, 6) is 0.456. The number of carbonyl (C=O) groups is 2. The number of methoxy groups -OCH3 is 2. The van der Waals surface area contributed by atoms with Crippen molar-refractivity contribution in [1.29, 1.82) is 5.26 Å². The molecule has 1 atom stereocenters. The van der Waals surface area contributed by atoms with Gasteiger partial charge in [0.25, 0.3) is 11.8 Å². The fourth-order valence-corrected chi connectivity index (χ4v) is 4.05. The van der Waals surface area contributed by atoms with E-state index in [-0.39, 0.29) is 17.9 Å². The lowest BCUT2D eigenvalue weighted by molar-refractivity contribution is 0.0931. The van der Waals surface area contributed by atoms with Crippen LogP contribution in [0.2, 0.25) is 0 Å². The highest BCUT2D eigenvalue weighted by molar-refractivity contribution is 6.07. The Hall–Kier alpha value is -4.32. The molecule has 1 aliphatic rings. The number of nitrogens with zero attached hydrogens (tertiary/aromatic N) is 4. The van der Waals surface area contributed by atoms with E-state index in [0.29, 0.717) is 46.8 Å². The number of anilines is 1. The molecule has 9 heteroatoms. The van der Waals surface area contributed by atoms with E-state index in [1.807, 2.05) is 6.07 Å². The van der Waals surface area contributed by atoms with Crippen LogP contribution in [0.4, 0.5) is 5.69 Å². The van der Waals surface area contributed by atoms with Gasteiger partial charge in [-0.1, -0.05) is 12.1 Å². The zero-order chi connectivity index (χ0) is 23.5. The number of carbonyl (C=O) groups excluding carboxylic acids is 2. The Morgan fingerprint density at radius 1 is 1.15 bits per heavy atom. The third-order valence-electron chi connectivity index (χ3n) is 5.70. The van der Waals surface area contributed by atoms with E-state index < -0.39 is 0 Å². The number of ether oxygens (including phenoxy) is 2.